The molecule has 0 radical (unpaired) electrons. The van der Waals surface area contributed by atoms with Gasteiger partial charge in [0.1, 0.15) is 0 Å². The molecule has 1 rings (SSSR count). The second-order valence-electron chi connectivity index (χ2n) is 2.36. The number of nitrogens with two attached hydrogens (primary N) is 1. The van der Waals surface area contributed by atoms with Crippen LogP contribution in [0.3, 0.4) is 0 Å². The van der Waals surface area contributed by atoms with Gasteiger partial charge < -0.3 is 5.73 Å². The highest BCUT2D eigenvalue weighted by Crippen LogP contribution is 2.22. The molecule has 0 aromatic carbocycles. The lowest BCUT2D eigenvalue weighted by Gasteiger charge is -1.91. The Labute approximate surface area is 75.5 Å². The predicted octanol–water partition coefficient (Wildman–Crippen LogP) is 2.76. The molecule has 0 fully saturated rings. The summed E-state index contributed by atoms with van der Waals surface area (Å²) >= 11 is 7.28. The van der Waals surface area contributed by atoms with E-state index in [0.717, 1.165) is 9.21 Å². The zero-order valence-electron chi connectivity index (χ0n) is 6.25. The highest BCUT2D eigenvalue weighted by atomic mass is 35.5. The molecule has 3 heteroatoms. The van der Waals surface area contributed by atoms with E-state index in [0.29, 0.717) is 0 Å². The third-order valence-electron chi connectivity index (χ3n) is 1.16. The summed E-state index contributed by atoms with van der Waals surface area (Å²) in [6.07, 6.45) is 3.93. The average molecular weight is 188 g/mol. The first-order valence-corrected chi connectivity index (χ1v) is 4.57. The van der Waals surface area contributed by atoms with E-state index in [1.54, 1.807) is 11.3 Å². The van der Waals surface area contributed by atoms with Crippen LogP contribution in [0.2, 0.25) is 4.34 Å². The Hall–Kier alpha value is -0.310. The zero-order valence-corrected chi connectivity index (χ0v) is 7.82. The Bertz CT molecular complexity index is 252. The molecule has 1 aromatic rings. The molecular weight excluding hydrogens is 178 g/mol. The summed E-state index contributed by atoms with van der Waals surface area (Å²) in [5.74, 6) is 0. The lowest BCUT2D eigenvalue weighted by Crippen LogP contribution is -2.09. The minimum Gasteiger partial charge on any atom is -0.325 e. The van der Waals surface area contributed by atoms with E-state index < -0.39 is 0 Å². The first kappa shape index (κ1) is 8.78. The van der Waals surface area contributed by atoms with Crippen LogP contribution in [0, 0.1) is 0 Å². The molecule has 1 atom stereocenters. The zero-order chi connectivity index (χ0) is 8.27. The topological polar surface area (TPSA) is 26.0 Å². The largest absolute Gasteiger partial charge is 0.325 e. The third kappa shape index (κ3) is 3.06. The average Bonchev–Trinajstić information content (AvgIpc) is 2.31. The molecule has 1 aromatic heterocycles. The van der Waals surface area contributed by atoms with Gasteiger partial charge in [0, 0.05) is 10.9 Å². The van der Waals surface area contributed by atoms with Crippen LogP contribution >= 0.6 is 22.9 Å². The van der Waals surface area contributed by atoms with Gasteiger partial charge in [-0.1, -0.05) is 17.7 Å². The van der Waals surface area contributed by atoms with E-state index in [2.05, 4.69) is 0 Å². The predicted molar refractivity (Wildman–Crippen MR) is 52.0 cm³/mol. The highest BCUT2D eigenvalue weighted by Gasteiger charge is 1.92. The van der Waals surface area contributed by atoms with E-state index in [9.17, 15) is 0 Å². The van der Waals surface area contributed by atoms with Gasteiger partial charge in [-0.2, -0.15) is 0 Å². The smallest absolute Gasteiger partial charge is 0.0934 e. The summed E-state index contributed by atoms with van der Waals surface area (Å²) in [5.41, 5.74) is 5.53. The number of rotatable bonds is 2. The van der Waals surface area contributed by atoms with Gasteiger partial charge in [0.05, 0.1) is 4.34 Å². The van der Waals surface area contributed by atoms with Gasteiger partial charge in [-0.3, -0.25) is 0 Å². The quantitative estimate of drug-likeness (QED) is 0.757. The lowest BCUT2D eigenvalue weighted by atomic mass is 10.3. The maximum absolute atomic E-state index is 5.73. The highest BCUT2D eigenvalue weighted by molar-refractivity contribution is 7.16. The van der Waals surface area contributed by atoms with Gasteiger partial charge in [-0.05, 0) is 25.1 Å². The Morgan fingerprint density at radius 3 is 2.82 bits per heavy atom. The fourth-order valence-electron chi connectivity index (χ4n) is 0.664. The van der Waals surface area contributed by atoms with Gasteiger partial charge >= 0.3 is 0 Å². The molecule has 0 aliphatic heterocycles. The molecule has 1 unspecified atom stereocenters. The number of hydrogen-bond acceptors (Lipinski definition) is 2. The summed E-state index contributed by atoms with van der Waals surface area (Å²) in [4.78, 5) is 1.15. The third-order valence-corrected chi connectivity index (χ3v) is 2.35. The summed E-state index contributed by atoms with van der Waals surface area (Å²) in [6.45, 7) is 1.94. The van der Waals surface area contributed by atoms with Crippen molar-refractivity contribution >= 4 is 29.0 Å². The van der Waals surface area contributed by atoms with E-state index in [4.69, 9.17) is 17.3 Å². The normalized spacial score (nSPS) is 14.1. The molecule has 0 aliphatic carbocycles. The van der Waals surface area contributed by atoms with Crippen LogP contribution in [-0.2, 0) is 0 Å². The summed E-state index contributed by atoms with van der Waals surface area (Å²) < 4.78 is 0.814. The van der Waals surface area contributed by atoms with Crippen LogP contribution in [0.4, 0.5) is 0 Å². The Morgan fingerprint density at radius 1 is 1.64 bits per heavy atom. The van der Waals surface area contributed by atoms with Crippen LogP contribution in [0.25, 0.3) is 6.08 Å². The fourth-order valence-corrected chi connectivity index (χ4v) is 1.64. The van der Waals surface area contributed by atoms with Crippen LogP contribution in [0.15, 0.2) is 18.2 Å². The van der Waals surface area contributed by atoms with Crippen molar-refractivity contribution in [3.05, 3.63) is 27.4 Å². The maximum Gasteiger partial charge on any atom is 0.0934 e. The molecule has 60 valence electrons. The molecule has 0 saturated carbocycles. The molecule has 0 amide bonds. The van der Waals surface area contributed by atoms with Crippen molar-refractivity contribution in [1.82, 2.24) is 0 Å². The van der Waals surface area contributed by atoms with Crippen molar-refractivity contribution < 1.29 is 0 Å². The fraction of sp³-hybridized carbons (Fsp3) is 0.250. The molecule has 0 bridgehead atoms. The second kappa shape index (κ2) is 3.90. The van der Waals surface area contributed by atoms with Crippen LogP contribution in [0.5, 0.6) is 0 Å². The van der Waals surface area contributed by atoms with Crippen molar-refractivity contribution in [2.45, 2.75) is 13.0 Å². The van der Waals surface area contributed by atoms with Crippen LogP contribution < -0.4 is 5.73 Å². The van der Waals surface area contributed by atoms with E-state index in [1.165, 1.54) is 0 Å². The first-order chi connectivity index (χ1) is 5.18. The minimum absolute atomic E-state index is 0.107. The molecule has 1 heterocycles. The lowest BCUT2D eigenvalue weighted by molar-refractivity contribution is 0.931. The minimum atomic E-state index is 0.107. The number of thiophene rings is 1. The van der Waals surface area contributed by atoms with Gasteiger partial charge in [-0.25, -0.2) is 0 Å². The van der Waals surface area contributed by atoms with Gasteiger partial charge in [0.2, 0.25) is 0 Å². The van der Waals surface area contributed by atoms with E-state index in [-0.39, 0.29) is 6.04 Å². The van der Waals surface area contributed by atoms with Crippen LogP contribution in [-0.4, -0.2) is 6.04 Å². The monoisotopic (exact) mass is 187 g/mol. The molecule has 0 aliphatic rings. The summed E-state index contributed by atoms with van der Waals surface area (Å²) in [7, 11) is 0. The Kier molecular flexibility index (Phi) is 3.12. The summed E-state index contributed by atoms with van der Waals surface area (Å²) in [5, 5.41) is 0. The molecule has 2 N–H and O–H groups in total. The molecule has 1 nitrogen and oxygen atoms in total. The van der Waals surface area contributed by atoms with Crippen molar-refractivity contribution in [2.75, 3.05) is 0 Å². The molecule has 11 heavy (non-hydrogen) atoms. The van der Waals surface area contributed by atoms with E-state index >= 15 is 0 Å². The number of halogens is 1. The van der Waals surface area contributed by atoms with Gasteiger partial charge in [0.25, 0.3) is 0 Å². The maximum atomic E-state index is 5.73. The van der Waals surface area contributed by atoms with Crippen molar-refractivity contribution in [2.24, 2.45) is 5.73 Å². The molecular formula is C8H10ClNS. The second-order valence-corrected chi connectivity index (χ2v) is 4.11. The standard InChI is InChI=1S/C8H10ClNS/c1-6(10)2-3-7-4-5-8(9)11-7/h2-6H,10H2,1H3/b3-2+. The van der Waals surface area contributed by atoms with Crippen molar-refractivity contribution in [1.29, 1.82) is 0 Å². The number of hydrogen-bond donors (Lipinski definition) is 1. The van der Waals surface area contributed by atoms with Crippen LogP contribution in [0.1, 0.15) is 11.8 Å². The van der Waals surface area contributed by atoms with E-state index in [1.807, 2.05) is 31.2 Å². The van der Waals surface area contributed by atoms with Crippen molar-refractivity contribution in [3.8, 4) is 0 Å². The Morgan fingerprint density at radius 2 is 2.36 bits per heavy atom. The van der Waals surface area contributed by atoms with Gasteiger partial charge in [-0.15, -0.1) is 11.3 Å². The SMILES string of the molecule is CC(N)/C=C/c1ccc(Cl)s1. The first-order valence-electron chi connectivity index (χ1n) is 3.37. The van der Waals surface area contributed by atoms with Crippen molar-refractivity contribution in [3.63, 3.8) is 0 Å². The molecule has 0 spiro atoms. The Balaban J connectivity index is 2.64. The summed E-state index contributed by atoms with van der Waals surface area (Å²) in [6, 6.07) is 3.97. The molecule has 0 saturated heterocycles. The van der Waals surface area contributed by atoms with Gasteiger partial charge in [0.15, 0.2) is 0 Å².